The first kappa shape index (κ1) is 25.0. The fourth-order valence-corrected chi connectivity index (χ4v) is 3.35. The van der Waals surface area contributed by atoms with Crippen LogP contribution in [0.2, 0.25) is 0 Å². The number of benzene rings is 1. The SMILES string of the molecule is CCC(CC)C(=O)N(Cc1cc(NC(=O)C(C)C)ccc1N(C)C)[C@@H](C)C(C)C. The van der Waals surface area contributed by atoms with E-state index in [2.05, 4.69) is 44.8 Å². The van der Waals surface area contributed by atoms with Gasteiger partial charge in [-0.05, 0) is 49.4 Å². The molecular weight excluding hydrogens is 362 g/mol. The number of anilines is 2. The van der Waals surface area contributed by atoms with E-state index >= 15 is 0 Å². The van der Waals surface area contributed by atoms with E-state index in [0.717, 1.165) is 29.8 Å². The molecule has 0 saturated heterocycles. The van der Waals surface area contributed by atoms with Crippen molar-refractivity contribution in [1.29, 1.82) is 0 Å². The van der Waals surface area contributed by atoms with Crippen LogP contribution in [0.3, 0.4) is 0 Å². The van der Waals surface area contributed by atoms with Gasteiger partial charge >= 0.3 is 0 Å². The predicted octanol–water partition coefficient (Wildman–Crippen LogP) is 5.16. The Balaban J connectivity index is 3.33. The predicted molar refractivity (Wildman–Crippen MR) is 123 cm³/mol. The van der Waals surface area contributed by atoms with Crippen LogP contribution in [0.25, 0.3) is 0 Å². The van der Waals surface area contributed by atoms with Crippen molar-refractivity contribution in [3.63, 3.8) is 0 Å². The molecule has 0 aromatic heterocycles. The van der Waals surface area contributed by atoms with E-state index in [1.54, 1.807) is 0 Å². The zero-order valence-corrected chi connectivity index (χ0v) is 19.9. The van der Waals surface area contributed by atoms with Gasteiger partial charge in [-0.25, -0.2) is 0 Å². The van der Waals surface area contributed by atoms with Gasteiger partial charge in [0.05, 0.1) is 0 Å². The van der Waals surface area contributed by atoms with Crippen LogP contribution >= 0.6 is 0 Å². The first-order valence-corrected chi connectivity index (χ1v) is 10.9. The Morgan fingerprint density at radius 1 is 1.00 bits per heavy atom. The number of carbonyl (C=O) groups is 2. The number of nitrogens with one attached hydrogen (secondary N) is 1. The molecule has 0 spiro atoms. The minimum atomic E-state index is -0.0825. The van der Waals surface area contributed by atoms with Crippen molar-refractivity contribution < 1.29 is 9.59 Å². The third kappa shape index (κ3) is 6.76. The van der Waals surface area contributed by atoms with E-state index in [1.807, 2.05) is 51.0 Å². The molecule has 5 heteroatoms. The van der Waals surface area contributed by atoms with E-state index in [4.69, 9.17) is 0 Å². The maximum absolute atomic E-state index is 13.3. The Morgan fingerprint density at radius 2 is 1.59 bits per heavy atom. The number of hydrogen-bond acceptors (Lipinski definition) is 3. The van der Waals surface area contributed by atoms with Gasteiger partial charge in [0.2, 0.25) is 11.8 Å². The first-order valence-electron chi connectivity index (χ1n) is 10.9. The molecule has 0 radical (unpaired) electrons. The molecule has 1 N–H and O–H groups in total. The highest BCUT2D eigenvalue weighted by molar-refractivity contribution is 5.92. The van der Waals surface area contributed by atoms with E-state index in [-0.39, 0.29) is 29.7 Å². The zero-order chi connectivity index (χ0) is 22.3. The van der Waals surface area contributed by atoms with Gasteiger partial charge in [-0.1, -0.05) is 41.5 Å². The molecule has 1 rings (SSSR count). The summed E-state index contributed by atoms with van der Waals surface area (Å²) in [5.41, 5.74) is 2.88. The van der Waals surface area contributed by atoms with Crippen molar-refractivity contribution in [1.82, 2.24) is 4.90 Å². The second kappa shape index (κ2) is 11.2. The Labute approximate surface area is 177 Å². The highest BCUT2D eigenvalue weighted by Gasteiger charge is 2.28. The maximum Gasteiger partial charge on any atom is 0.226 e. The lowest BCUT2D eigenvalue weighted by Crippen LogP contribution is -2.44. The normalized spacial score (nSPS) is 12.4. The summed E-state index contributed by atoms with van der Waals surface area (Å²) in [5.74, 6) is 0.537. The molecule has 1 aromatic carbocycles. The first-order chi connectivity index (χ1) is 13.5. The second-order valence-electron chi connectivity index (χ2n) is 8.85. The molecule has 0 unspecified atom stereocenters. The topological polar surface area (TPSA) is 52.7 Å². The van der Waals surface area contributed by atoms with Crippen LogP contribution in [0, 0.1) is 17.8 Å². The summed E-state index contributed by atoms with van der Waals surface area (Å²) in [5, 5.41) is 2.99. The van der Waals surface area contributed by atoms with E-state index < -0.39 is 0 Å². The fraction of sp³-hybridized carbons (Fsp3) is 0.667. The lowest BCUT2D eigenvalue weighted by Gasteiger charge is -2.35. The van der Waals surface area contributed by atoms with Gasteiger partial charge in [0.1, 0.15) is 0 Å². The van der Waals surface area contributed by atoms with Gasteiger partial charge in [0.15, 0.2) is 0 Å². The average molecular weight is 404 g/mol. The third-order valence-corrected chi connectivity index (χ3v) is 5.77. The van der Waals surface area contributed by atoms with Gasteiger partial charge in [0, 0.05) is 49.9 Å². The Bertz CT molecular complexity index is 679. The lowest BCUT2D eigenvalue weighted by molar-refractivity contribution is -0.139. The average Bonchev–Trinajstić information content (AvgIpc) is 2.66. The minimum absolute atomic E-state index is 0.00550. The van der Waals surface area contributed by atoms with Gasteiger partial charge < -0.3 is 15.1 Å². The summed E-state index contributed by atoms with van der Waals surface area (Å²) < 4.78 is 0. The smallest absolute Gasteiger partial charge is 0.226 e. The molecule has 5 nitrogen and oxygen atoms in total. The van der Waals surface area contributed by atoms with Crippen LogP contribution in [-0.2, 0) is 16.1 Å². The monoisotopic (exact) mass is 403 g/mol. The highest BCUT2D eigenvalue weighted by atomic mass is 16.2. The second-order valence-corrected chi connectivity index (χ2v) is 8.85. The van der Waals surface area contributed by atoms with Crippen LogP contribution in [0.5, 0.6) is 0 Å². The maximum atomic E-state index is 13.3. The van der Waals surface area contributed by atoms with Crippen molar-refractivity contribution in [3.8, 4) is 0 Å². The van der Waals surface area contributed by atoms with Crippen LogP contribution in [-0.4, -0.2) is 36.9 Å². The molecule has 0 aliphatic carbocycles. The molecule has 1 atom stereocenters. The summed E-state index contributed by atoms with van der Waals surface area (Å²) in [6, 6.07) is 6.09. The van der Waals surface area contributed by atoms with Crippen LogP contribution in [0.15, 0.2) is 18.2 Å². The van der Waals surface area contributed by atoms with Gasteiger partial charge in [-0.2, -0.15) is 0 Å². The van der Waals surface area contributed by atoms with Gasteiger partial charge in [-0.15, -0.1) is 0 Å². The van der Waals surface area contributed by atoms with Crippen LogP contribution in [0.1, 0.15) is 66.9 Å². The van der Waals surface area contributed by atoms with Crippen molar-refractivity contribution >= 4 is 23.2 Å². The number of amides is 2. The molecule has 0 aliphatic heterocycles. The number of nitrogens with zero attached hydrogens (tertiary/aromatic N) is 2. The Morgan fingerprint density at radius 3 is 2.03 bits per heavy atom. The molecule has 164 valence electrons. The molecule has 1 aromatic rings. The number of carbonyl (C=O) groups excluding carboxylic acids is 2. The summed E-state index contributed by atoms with van der Waals surface area (Å²) in [6.07, 6.45) is 1.70. The van der Waals surface area contributed by atoms with Crippen molar-refractivity contribution in [2.24, 2.45) is 17.8 Å². The molecule has 0 saturated carbocycles. The van der Waals surface area contributed by atoms with Crippen molar-refractivity contribution in [2.75, 3.05) is 24.3 Å². The minimum Gasteiger partial charge on any atom is -0.377 e. The number of hydrogen-bond donors (Lipinski definition) is 1. The lowest BCUT2D eigenvalue weighted by atomic mass is 9.96. The van der Waals surface area contributed by atoms with Gasteiger partial charge in [-0.3, -0.25) is 9.59 Å². The van der Waals surface area contributed by atoms with E-state index in [1.165, 1.54) is 0 Å². The molecule has 0 aliphatic rings. The summed E-state index contributed by atoms with van der Waals surface area (Å²) in [6.45, 7) is 14.9. The Hall–Kier alpha value is -2.04. The molecule has 2 amide bonds. The Kier molecular flexibility index (Phi) is 9.67. The van der Waals surface area contributed by atoms with Crippen LogP contribution < -0.4 is 10.2 Å². The largest absolute Gasteiger partial charge is 0.377 e. The van der Waals surface area contributed by atoms with Gasteiger partial charge in [0.25, 0.3) is 0 Å². The molecule has 0 heterocycles. The summed E-state index contributed by atoms with van der Waals surface area (Å²) in [4.78, 5) is 29.6. The molecule has 29 heavy (non-hydrogen) atoms. The molecule has 0 fully saturated rings. The van der Waals surface area contributed by atoms with Crippen LogP contribution in [0.4, 0.5) is 11.4 Å². The number of rotatable bonds is 10. The third-order valence-electron chi connectivity index (χ3n) is 5.77. The van der Waals surface area contributed by atoms with Crippen molar-refractivity contribution in [3.05, 3.63) is 23.8 Å². The quantitative estimate of drug-likeness (QED) is 0.587. The highest BCUT2D eigenvalue weighted by Crippen LogP contribution is 2.28. The summed E-state index contributed by atoms with van der Waals surface area (Å²) in [7, 11) is 4.01. The van der Waals surface area contributed by atoms with Crippen molar-refractivity contribution in [2.45, 2.75) is 73.9 Å². The molecule has 0 bridgehead atoms. The summed E-state index contributed by atoms with van der Waals surface area (Å²) >= 11 is 0. The zero-order valence-electron chi connectivity index (χ0n) is 19.9. The standard InChI is InChI=1S/C24H41N3O2/c1-10-19(11-2)24(29)27(18(7)16(3)4)15-20-14-21(25-23(28)17(5)6)12-13-22(20)26(8)9/h12-14,16-19H,10-11,15H2,1-9H3,(H,25,28)/t18-/m0/s1. The molecular formula is C24H41N3O2. The fourth-order valence-electron chi connectivity index (χ4n) is 3.35. The van der Waals surface area contributed by atoms with E-state index in [9.17, 15) is 9.59 Å². The van der Waals surface area contributed by atoms with E-state index in [0.29, 0.717) is 12.5 Å².